The van der Waals surface area contributed by atoms with Gasteiger partial charge in [-0.05, 0) is 82.8 Å². The summed E-state index contributed by atoms with van der Waals surface area (Å²) in [5.41, 5.74) is 4.80. The standard InChI is InChI=1S/C35H30FNO5/c1-4-30(38)32-29-18-23(11-15-31(29)42-33(32)21-8-12-26(36)13-9-21)22-10-14-27(24-6-5-7-25(16-24)35(40)41)28(17-22)34(39)37-19-20(2)3/h5-18,20H,4,19H2,1-3H3,(H,37,39)(H,40,41). The van der Waals surface area contributed by atoms with Gasteiger partial charge in [0.2, 0.25) is 0 Å². The Hall–Kier alpha value is -5.04. The maximum Gasteiger partial charge on any atom is 0.335 e. The molecule has 0 saturated heterocycles. The van der Waals surface area contributed by atoms with Crippen molar-refractivity contribution < 1.29 is 28.3 Å². The third-order valence-corrected chi connectivity index (χ3v) is 7.08. The minimum absolute atomic E-state index is 0.104. The fraction of sp³-hybridized carbons (Fsp3) is 0.171. The van der Waals surface area contributed by atoms with E-state index in [9.17, 15) is 23.9 Å². The first-order valence-electron chi connectivity index (χ1n) is 13.8. The van der Waals surface area contributed by atoms with Crippen LogP contribution in [0.25, 0.3) is 44.5 Å². The molecule has 0 radical (unpaired) electrons. The third kappa shape index (κ3) is 5.72. The number of nitrogens with one attached hydrogen (secondary N) is 1. The van der Waals surface area contributed by atoms with E-state index in [0.717, 1.165) is 11.1 Å². The Bertz CT molecular complexity index is 1820. The topological polar surface area (TPSA) is 96.6 Å². The van der Waals surface area contributed by atoms with E-state index in [-0.39, 0.29) is 35.4 Å². The number of hydrogen-bond donors (Lipinski definition) is 2. The lowest BCUT2D eigenvalue weighted by Gasteiger charge is -2.14. The van der Waals surface area contributed by atoms with Crippen LogP contribution in [0.5, 0.6) is 0 Å². The lowest BCUT2D eigenvalue weighted by Crippen LogP contribution is -2.27. The van der Waals surface area contributed by atoms with Gasteiger partial charge in [0.1, 0.15) is 17.2 Å². The van der Waals surface area contributed by atoms with E-state index >= 15 is 0 Å². The number of rotatable bonds is 9. The molecule has 5 aromatic rings. The number of ketones is 1. The molecule has 42 heavy (non-hydrogen) atoms. The number of furan rings is 1. The summed E-state index contributed by atoms with van der Waals surface area (Å²) in [5, 5.41) is 13.1. The number of carbonyl (C=O) groups is 3. The molecule has 1 amide bonds. The van der Waals surface area contributed by atoms with Crippen LogP contribution in [-0.2, 0) is 0 Å². The van der Waals surface area contributed by atoms with Crippen molar-refractivity contribution in [3.8, 4) is 33.6 Å². The van der Waals surface area contributed by atoms with Crippen molar-refractivity contribution in [2.24, 2.45) is 5.92 Å². The maximum atomic E-state index is 13.6. The predicted octanol–water partition coefficient (Wildman–Crippen LogP) is 8.25. The van der Waals surface area contributed by atoms with Gasteiger partial charge in [-0.15, -0.1) is 0 Å². The van der Waals surface area contributed by atoms with Gasteiger partial charge in [-0.1, -0.05) is 51.1 Å². The van der Waals surface area contributed by atoms with Gasteiger partial charge in [-0.2, -0.15) is 0 Å². The smallest absolute Gasteiger partial charge is 0.335 e. The molecule has 212 valence electrons. The number of hydrogen-bond acceptors (Lipinski definition) is 4. The molecule has 1 heterocycles. The Labute approximate surface area is 242 Å². The predicted molar refractivity (Wildman–Crippen MR) is 161 cm³/mol. The van der Waals surface area contributed by atoms with E-state index in [0.29, 0.717) is 51.1 Å². The lowest BCUT2D eigenvalue weighted by molar-refractivity contribution is 0.0696. The number of aromatic carboxylic acids is 1. The molecule has 0 atom stereocenters. The number of benzene rings is 4. The second-order valence-electron chi connectivity index (χ2n) is 10.6. The summed E-state index contributed by atoms with van der Waals surface area (Å²) < 4.78 is 19.7. The van der Waals surface area contributed by atoms with E-state index in [2.05, 4.69) is 5.32 Å². The Morgan fingerprint density at radius 2 is 1.55 bits per heavy atom. The number of Topliss-reactive ketones (excluding diaryl/α,β-unsaturated/α-hetero) is 1. The number of fused-ring (bicyclic) bond motifs is 1. The highest BCUT2D eigenvalue weighted by Crippen LogP contribution is 2.38. The van der Waals surface area contributed by atoms with Crippen LogP contribution in [0, 0.1) is 11.7 Å². The normalized spacial score (nSPS) is 11.2. The first-order valence-corrected chi connectivity index (χ1v) is 13.8. The summed E-state index contributed by atoms with van der Waals surface area (Å²) in [5.74, 6) is -1.18. The van der Waals surface area contributed by atoms with Crippen molar-refractivity contribution in [3.05, 3.63) is 107 Å². The molecular formula is C35H30FNO5. The summed E-state index contributed by atoms with van der Waals surface area (Å²) in [6, 6.07) is 23.3. The van der Waals surface area contributed by atoms with Crippen molar-refractivity contribution in [1.82, 2.24) is 5.32 Å². The summed E-state index contributed by atoms with van der Waals surface area (Å²) >= 11 is 0. The Morgan fingerprint density at radius 1 is 0.857 bits per heavy atom. The molecule has 0 spiro atoms. The van der Waals surface area contributed by atoms with E-state index in [1.54, 1.807) is 49.4 Å². The second-order valence-corrected chi connectivity index (χ2v) is 10.6. The van der Waals surface area contributed by atoms with Gasteiger partial charge in [0.15, 0.2) is 5.78 Å². The lowest BCUT2D eigenvalue weighted by atomic mass is 9.92. The molecule has 6 nitrogen and oxygen atoms in total. The first-order chi connectivity index (χ1) is 20.2. The highest BCUT2D eigenvalue weighted by atomic mass is 19.1. The van der Waals surface area contributed by atoms with Crippen LogP contribution in [-0.4, -0.2) is 29.3 Å². The average molecular weight is 564 g/mol. The molecule has 4 aromatic carbocycles. The molecule has 7 heteroatoms. The zero-order chi connectivity index (χ0) is 30.0. The van der Waals surface area contributed by atoms with Gasteiger partial charge in [0.05, 0.1) is 11.1 Å². The van der Waals surface area contributed by atoms with Gasteiger partial charge in [0, 0.05) is 29.5 Å². The molecule has 5 rings (SSSR count). The van der Waals surface area contributed by atoms with E-state index in [4.69, 9.17) is 4.42 Å². The summed E-state index contributed by atoms with van der Waals surface area (Å²) in [6.07, 6.45) is 0.261. The van der Waals surface area contributed by atoms with Gasteiger partial charge >= 0.3 is 5.97 Å². The minimum Gasteiger partial charge on any atom is -0.478 e. The van der Waals surface area contributed by atoms with Gasteiger partial charge in [-0.25, -0.2) is 9.18 Å². The summed E-state index contributed by atoms with van der Waals surface area (Å²) in [6.45, 7) is 6.26. The van der Waals surface area contributed by atoms with Crippen LogP contribution in [0.4, 0.5) is 4.39 Å². The van der Waals surface area contributed by atoms with Gasteiger partial charge < -0.3 is 14.8 Å². The van der Waals surface area contributed by atoms with E-state index in [1.807, 2.05) is 38.1 Å². The Morgan fingerprint density at radius 3 is 2.24 bits per heavy atom. The molecule has 0 aliphatic rings. The Kier molecular flexibility index (Phi) is 8.02. The van der Waals surface area contributed by atoms with E-state index in [1.165, 1.54) is 18.2 Å². The minimum atomic E-state index is -1.05. The monoisotopic (exact) mass is 563 g/mol. The van der Waals surface area contributed by atoms with Crippen molar-refractivity contribution >= 4 is 28.6 Å². The third-order valence-electron chi connectivity index (χ3n) is 7.08. The highest BCUT2D eigenvalue weighted by molar-refractivity contribution is 6.13. The number of carboxylic acid groups (broad SMARTS) is 1. The van der Waals surface area contributed by atoms with Crippen LogP contribution in [0.15, 0.2) is 89.3 Å². The van der Waals surface area contributed by atoms with Gasteiger partial charge in [0.25, 0.3) is 5.91 Å². The summed E-state index contributed by atoms with van der Waals surface area (Å²) in [7, 11) is 0. The number of amides is 1. The molecule has 0 bridgehead atoms. The van der Waals surface area contributed by atoms with Gasteiger partial charge in [-0.3, -0.25) is 9.59 Å². The molecule has 0 aliphatic carbocycles. The SMILES string of the molecule is CCC(=O)c1c(-c2ccc(F)cc2)oc2ccc(-c3ccc(-c4cccc(C(=O)O)c4)c(C(=O)NCC(C)C)c3)cc12. The average Bonchev–Trinajstić information content (AvgIpc) is 3.38. The van der Waals surface area contributed by atoms with Crippen molar-refractivity contribution in [3.63, 3.8) is 0 Å². The molecule has 1 aromatic heterocycles. The van der Waals surface area contributed by atoms with Crippen LogP contribution in [0.1, 0.15) is 58.3 Å². The number of carboxylic acids is 1. The molecule has 2 N–H and O–H groups in total. The van der Waals surface area contributed by atoms with E-state index < -0.39 is 5.97 Å². The number of halogens is 1. The quantitative estimate of drug-likeness (QED) is 0.176. The Balaban J connectivity index is 1.65. The maximum absolute atomic E-state index is 13.6. The van der Waals surface area contributed by atoms with Crippen molar-refractivity contribution in [2.75, 3.05) is 6.54 Å². The first kappa shape index (κ1) is 28.5. The van der Waals surface area contributed by atoms with Crippen LogP contribution in [0.2, 0.25) is 0 Å². The molecular weight excluding hydrogens is 533 g/mol. The number of carbonyl (C=O) groups excluding carboxylic acids is 2. The van der Waals surface area contributed by atoms with Crippen molar-refractivity contribution in [2.45, 2.75) is 27.2 Å². The van der Waals surface area contributed by atoms with Crippen molar-refractivity contribution in [1.29, 1.82) is 0 Å². The van der Waals surface area contributed by atoms with Crippen LogP contribution >= 0.6 is 0 Å². The zero-order valence-electron chi connectivity index (χ0n) is 23.5. The zero-order valence-corrected chi connectivity index (χ0v) is 23.5. The summed E-state index contributed by atoms with van der Waals surface area (Å²) in [4.78, 5) is 38.1. The molecule has 0 aliphatic heterocycles. The fourth-order valence-corrected chi connectivity index (χ4v) is 4.91. The second kappa shape index (κ2) is 11.8. The molecule has 0 fully saturated rings. The molecule has 0 unspecified atom stereocenters. The van der Waals surface area contributed by atoms with Crippen LogP contribution in [0.3, 0.4) is 0 Å². The van der Waals surface area contributed by atoms with Crippen LogP contribution < -0.4 is 5.32 Å². The largest absolute Gasteiger partial charge is 0.478 e. The fourth-order valence-electron chi connectivity index (χ4n) is 4.91. The molecule has 0 saturated carbocycles. The highest BCUT2D eigenvalue weighted by Gasteiger charge is 2.22.